The molecule has 1 N–H and O–H groups in total. The number of carbonyl (C=O) groups is 1. The van der Waals surface area contributed by atoms with Gasteiger partial charge in [0.2, 0.25) is 5.82 Å². The lowest BCUT2D eigenvalue weighted by molar-refractivity contribution is -0.145. The number of carbonyl (C=O) groups excluding carboxylic acids is 1. The van der Waals surface area contributed by atoms with Gasteiger partial charge in [-0.15, -0.1) is 11.6 Å². The van der Waals surface area contributed by atoms with E-state index in [-0.39, 0.29) is 24.3 Å². The SMILES string of the molecule is CC1(Cl)C=CC(C(=O)CCc2cc(=O)[nH]c(C(F)(F)F)n2)=CC1. The lowest BCUT2D eigenvalue weighted by Gasteiger charge is -2.19. The van der Waals surface area contributed by atoms with E-state index in [4.69, 9.17) is 11.6 Å². The molecule has 0 spiro atoms. The van der Waals surface area contributed by atoms with Crippen molar-refractivity contribution in [2.75, 3.05) is 0 Å². The summed E-state index contributed by atoms with van der Waals surface area (Å²) in [6, 6.07) is 0.962. The van der Waals surface area contributed by atoms with Crippen molar-refractivity contribution in [1.29, 1.82) is 0 Å². The molecule has 1 unspecified atom stereocenters. The highest BCUT2D eigenvalue weighted by Crippen LogP contribution is 2.28. The molecule has 2 rings (SSSR count). The maximum Gasteiger partial charge on any atom is 0.449 e. The van der Waals surface area contributed by atoms with Crippen molar-refractivity contribution in [3.63, 3.8) is 0 Å². The predicted molar refractivity (Wildman–Crippen MR) is 79.3 cm³/mol. The smallest absolute Gasteiger partial charge is 0.303 e. The Kier molecular flexibility index (Phi) is 4.79. The molecule has 0 amide bonds. The van der Waals surface area contributed by atoms with E-state index in [9.17, 15) is 22.8 Å². The molecule has 124 valence electrons. The average molecular weight is 347 g/mol. The molecule has 23 heavy (non-hydrogen) atoms. The monoisotopic (exact) mass is 346 g/mol. The van der Waals surface area contributed by atoms with Gasteiger partial charge in [-0.05, 0) is 19.8 Å². The number of hydrogen-bond acceptors (Lipinski definition) is 3. The van der Waals surface area contributed by atoms with E-state index in [0.717, 1.165) is 6.07 Å². The number of aryl methyl sites for hydroxylation is 1. The molecule has 1 heterocycles. The molecule has 0 aliphatic heterocycles. The molecule has 8 heteroatoms. The van der Waals surface area contributed by atoms with Crippen LogP contribution in [0.1, 0.15) is 31.3 Å². The fourth-order valence-corrected chi connectivity index (χ4v) is 2.21. The Morgan fingerprint density at radius 2 is 2.17 bits per heavy atom. The maximum atomic E-state index is 12.6. The summed E-state index contributed by atoms with van der Waals surface area (Å²) in [4.78, 5) is 27.8. The van der Waals surface area contributed by atoms with Gasteiger partial charge in [0.05, 0.1) is 4.87 Å². The second kappa shape index (κ2) is 6.31. The number of alkyl halides is 4. The molecular formula is C15H14ClF3N2O2. The van der Waals surface area contributed by atoms with Gasteiger partial charge in [0.25, 0.3) is 5.56 Å². The lowest BCUT2D eigenvalue weighted by Crippen LogP contribution is -2.20. The van der Waals surface area contributed by atoms with Crippen LogP contribution in [0.4, 0.5) is 13.2 Å². The summed E-state index contributed by atoms with van der Waals surface area (Å²) < 4.78 is 37.7. The minimum absolute atomic E-state index is 0.0388. The van der Waals surface area contributed by atoms with Crippen molar-refractivity contribution in [3.05, 3.63) is 51.7 Å². The van der Waals surface area contributed by atoms with Crippen molar-refractivity contribution in [2.45, 2.75) is 37.2 Å². The summed E-state index contributed by atoms with van der Waals surface area (Å²) in [5, 5.41) is 0. The van der Waals surface area contributed by atoms with Gasteiger partial charge in [-0.2, -0.15) is 13.2 Å². The van der Waals surface area contributed by atoms with Crippen LogP contribution in [0, 0.1) is 0 Å². The number of nitrogens with zero attached hydrogens (tertiary/aromatic N) is 1. The number of aromatic nitrogens is 2. The maximum absolute atomic E-state index is 12.6. The van der Waals surface area contributed by atoms with Crippen molar-refractivity contribution in [2.24, 2.45) is 0 Å². The third-order valence-corrected chi connectivity index (χ3v) is 3.61. The molecule has 0 saturated carbocycles. The second-order valence-electron chi connectivity index (χ2n) is 5.48. The standard InChI is InChI=1S/C15H14ClF3N2O2/c1-14(16)6-4-9(5-7-14)11(22)3-2-10-8-12(23)21-13(20-10)15(17,18)19/h4-6,8H,2-3,7H2,1H3,(H,20,21,23). The van der Waals surface area contributed by atoms with Gasteiger partial charge in [0.1, 0.15) is 0 Å². The van der Waals surface area contributed by atoms with Crippen LogP contribution in [0.15, 0.2) is 34.7 Å². The van der Waals surface area contributed by atoms with Gasteiger partial charge in [-0.1, -0.05) is 18.2 Å². The number of aromatic amines is 1. The molecule has 0 saturated heterocycles. The van der Waals surface area contributed by atoms with Crippen LogP contribution in [0.3, 0.4) is 0 Å². The minimum Gasteiger partial charge on any atom is -0.303 e. The van der Waals surface area contributed by atoms with Crippen molar-refractivity contribution < 1.29 is 18.0 Å². The summed E-state index contributed by atoms with van der Waals surface area (Å²) in [5.41, 5.74) is -0.509. The highest BCUT2D eigenvalue weighted by molar-refractivity contribution is 6.25. The lowest BCUT2D eigenvalue weighted by atomic mass is 9.94. The Morgan fingerprint density at radius 3 is 2.74 bits per heavy atom. The van der Waals surface area contributed by atoms with Crippen molar-refractivity contribution >= 4 is 17.4 Å². The van der Waals surface area contributed by atoms with Crippen LogP contribution in [-0.4, -0.2) is 20.6 Å². The Morgan fingerprint density at radius 1 is 1.48 bits per heavy atom. The van der Waals surface area contributed by atoms with E-state index in [1.54, 1.807) is 23.2 Å². The molecule has 0 radical (unpaired) electrons. The van der Waals surface area contributed by atoms with E-state index >= 15 is 0 Å². The average Bonchev–Trinajstić information content (AvgIpc) is 2.43. The highest BCUT2D eigenvalue weighted by atomic mass is 35.5. The molecule has 0 fully saturated rings. The topological polar surface area (TPSA) is 62.8 Å². The number of halogens is 4. The molecular weight excluding hydrogens is 333 g/mol. The van der Waals surface area contributed by atoms with Crippen molar-refractivity contribution in [1.82, 2.24) is 9.97 Å². The highest BCUT2D eigenvalue weighted by Gasteiger charge is 2.34. The number of rotatable bonds is 4. The van der Waals surface area contributed by atoms with Gasteiger partial charge < -0.3 is 4.98 Å². The quantitative estimate of drug-likeness (QED) is 0.852. The van der Waals surface area contributed by atoms with Gasteiger partial charge >= 0.3 is 6.18 Å². The Hall–Kier alpha value is -1.89. The first-order valence-electron chi connectivity index (χ1n) is 6.86. The van der Waals surface area contributed by atoms with E-state index in [0.29, 0.717) is 12.0 Å². The van der Waals surface area contributed by atoms with Gasteiger partial charge in [0.15, 0.2) is 5.78 Å². The molecule has 1 atom stereocenters. The Labute approximate surface area is 135 Å². The molecule has 1 aliphatic carbocycles. The van der Waals surface area contributed by atoms with E-state index in [1.807, 2.05) is 6.92 Å². The minimum atomic E-state index is -4.74. The van der Waals surface area contributed by atoms with E-state index in [1.165, 1.54) is 0 Å². The number of allylic oxidation sites excluding steroid dienone is 4. The second-order valence-corrected chi connectivity index (χ2v) is 6.34. The van der Waals surface area contributed by atoms with E-state index in [2.05, 4.69) is 4.98 Å². The third-order valence-electron chi connectivity index (χ3n) is 3.32. The van der Waals surface area contributed by atoms with Gasteiger partial charge in [-0.25, -0.2) is 4.98 Å². The van der Waals surface area contributed by atoms with Crippen LogP contribution in [0.2, 0.25) is 0 Å². The van der Waals surface area contributed by atoms with Crippen LogP contribution in [0.5, 0.6) is 0 Å². The molecule has 1 aliphatic rings. The number of Topliss-reactive ketones (excluding diaryl/α,β-unsaturated/α-hetero) is 1. The zero-order valence-corrected chi connectivity index (χ0v) is 13.0. The molecule has 4 nitrogen and oxygen atoms in total. The summed E-state index contributed by atoms with van der Waals surface area (Å²) in [7, 11) is 0. The van der Waals surface area contributed by atoms with Gasteiger partial charge in [0, 0.05) is 23.8 Å². The number of H-pyrrole nitrogens is 1. The molecule has 1 aromatic rings. The molecule has 0 bridgehead atoms. The zero-order chi connectivity index (χ0) is 17.3. The molecule has 0 aromatic carbocycles. The number of hydrogen-bond donors (Lipinski definition) is 1. The van der Waals surface area contributed by atoms with Crippen LogP contribution >= 0.6 is 11.6 Å². The van der Waals surface area contributed by atoms with E-state index < -0.39 is 22.4 Å². The fourth-order valence-electron chi connectivity index (χ4n) is 2.07. The number of ketones is 1. The summed E-state index contributed by atoms with van der Waals surface area (Å²) in [6.45, 7) is 1.81. The molecule has 1 aromatic heterocycles. The summed E-state index contributed by atoms with van der Waals surface area (Å²) in [6.07, 6.45) is 0.673. The van der Waals surface area contributed by atoms with Gasteiger partial charge in [-0.3, -0.25) is 9.59 Å². The zero-order valence-electron chi connectivity index (χ0n) is 12.2. The largest absolute Gasteiger partial charge is 0.449 e. The van der Waals surface area contributed by atoms with Crippen LogP contribution in [0.25, 0.3) is 0 Å². The first kappa shape index (κ1) is 17.5. The summed E-state index contributed by atoms with van der Waals surface area (Å²) in [5.74, 6) is -1.59. The first-order valence-corrected chi connectivity index (χ1v) is 7.23. The Balaban J connectivity index is 2.06. The number of nitrogens with one attached hydrogen (secondary N) is 1. The van der Waals surface area contributed by atoms with Crippen LogP contribution < -0.4 is 5.56 Å². The van der Waals surface area contributed by atoms with Crippen LogP contribution in [-0.2, 0) is 17.4 Å². The fraction of sp³-hybridized carbons (Fsp3) is 0.400. The Bertz CT molecular complexity index is 733. The van der Waals surface area contributed by atoms with Crippen molar-refractivity contribution in [3.8, 4) is 0 Å². The third kappa shape index (κ3) is 4.79. The first-order chi connectivity index (χ1) is 10.6. The predicted octanol–water partition coefficient (Wildman–Crippen LogP) is 3.17. The normalized spacial score (nSPS) is 21.2. The summed E-state index contributed by atoms with van der Waals surface area (Å²) >= 11 is 6.10.